The first-order valence-corrected chi connectivity index (χ1v) is 3.70. The van der Waals surface area contributed by atoms with Crippen LogP contribution in [-0.4, -0.2) is 12.2 Å². The summed E-state index contributed by atoms with van der Waals surface area (Å²) in [5, 5.41) is 0. The predicted octanol–water partition coefficient (Wildman–Crippen LogP) is 2.13. The van der Waals surface area contributed by atoms with E-state index in [-0.39, 0.29) is 0 Å². The molecule has 0 aliphatic carbocycles. The average Bonchev–Trinajstić information content (AvgIpc) is 2.14. The fraction of sp³-hybridized carbons (Fsp3) is 0.100. The minimum Gasteiger partial charge on any atom is -0.303 e. The molecule has 0 saturated carbocycles. The molecule has 0 radical (unpaired) electrons. The lowest BCUT2D eigenvalue weighted by atomic mass is 10.3. The highest BCUT2D eigenvalue weighted by Crippen LogP contribution is 2.07. The van der Waals surface area contributed by atoms with Crippen molar-refractivity contribution < 1.29 is 4.79 Å². The maximum absolute atomic E-state index is 9.90. The van der Waals surface area contributed by atoms with Gasteiger partial charge in [-0.15, -0.1) is 0 Å². The van der Waals surface area contributed by atoms with Crippen LogP contribution in [-0.2, 0) is 4.79 Å². The number of carbonyl (C=O) groups is 1. The Morgan fingerprint density at radius 1 is 1.33 bits per heavy atom. The Labute approximate surface area is 71.3 Å². The second kappa shape index (κ2) is 5.05. The first-order valence-electron chi connectivity index (χ1n) is 3.70. The van der Waals surface area contributed by atoms with Gasteiger partial charge in [-0.3, -0.25) is 0 Å². The fourth-order valence-electron chi connectivity index (χ4n) is 0.724. The van der Waals surface area contributed by atoms with Crippen LogP contribution in [0.3, 0.4) is 0 Å². The standard InChI is InChI=1S/C10H9NO/c12-9-5-4-8-11-10-6-2-1-3-7-10/h1-4,6-7,9H,5H2. The molecule has 0 saturated heterocycles. The summed E-state index contributed by atoms with van der Waals surface area (Å²) in [5.41, 5.74) is 0.847. The molecule has 1 aromatic rings. The summed E-state index contributed by atoms with van der Waals surface area (Å²) in [6, 6.07) is 9.48. The van der Waals surface area contributed by atoms with Crippen LogP contribution in [0.15, 0.2) is 41.4 Å². The first kappa shape index (κ1) is 8.44. The Morgan fingerprint density at radius 2 is 2.08 bits per heavy atom. The van der Waals surface area contributed by atoms with Crippen molar-refractivity contribution in [2.24, 2.45) is 4.99 Å². The van der Waals surface area contributed by atoms with E-state index in [4.69, 9.17) is 0 Å². The molecule has 0 aromatic heterocycles. The monoisotopic (exact) mass is 159 g/mol. The van der Waals surface area contributed by atoms with Crippen LogP contribution >= 0.6 is 0 Å². The Balaban J connectivity index is 2.63. The highest BCUT2D eigenvalue weighted by Gasteiger charge is 1.79. The van der Waals surface area contributed by atoms with Crippen molar-refractivity contribution in [1.82, 2.24) is 0 Å². The van der Waals surface area contributed by atoms with Crippen LogP contribution < -0.4 is 0 Å². The Morgan fingerprint density at radius 3 is 2.75 bits per heavy atom. The van der Waals surface area contributed by atoms with Gasteiger partial charge in [0, 0.05) is 6.42 Å². The number of carbonyl (C=O) groups excluding carboxylic acids is 1. The summed E-state index contributed by atoms with van der Waals surface area (Å²) in [5.74, 6) is 2.67. The topological polar surface area (TPSA) is 29.4 Å². The van der Waals surface area contributed by atoms with Gasteiger partial charge in [0.25, 0.3) is 0 Å². The van der Waals surface area contributed by atoms with E-state index in [2.05, 4.69) is 10.9 Å². The van der Waals surface area contributed by atoms with Crippen LogP contribution in [0.5, 0.6) is 0 Å². The van der Waals surface area contributed by atoms with Gasteiger partial charge in [0.1, 0.15) is 6.29 Å². The van der Waals surface area contributed by atoms with Crippen LogP contribution in [0.25, 0.3) is 0 Å². The van der Waals surface area contributed by atoms with Gasteiger partial charge in [-0.25, -0.2) is 4.99 Å². The maximum Gasteiger partial charge on any atom is 0.124 e. The highest BCUT2D eigenvalue weighted by molar-refractivity contribution is 5.64. The van der Waals surface area contributed by atoms with Gasteiger partial charge in [-0.05, 0) is 24.1 Å². The second-order valence-corrected chi connectivity index (χ2v) is 2.18. The summed E-state index contributed by atoms with van der Waals surface area (Å²) >= 11 is 0. The lowest BCUT2D eigenvalue weighted by Gasteiger charge is -1.85. The third-order valence-electron chi connectivity index (χ3n) is 1.26. The average molecular weight is 159 g/mol. The van der Waals surface area contributed by atoms with Crippen LogP contribution in [0.2, 0.25) is 0 Å². The molecule has 0 fully saturated rings. The predicted molar refractivity (Wildman–Crippen MR) is 48.8 cm³/mol. The lowest BCUT2D eigenvalue weighted by molar-refractivity contribution is -0.107. The molecular weight excluding hydrogens is 150 g/mol. The number of hydrogen-bond donors (Lipinski definition) is 0. The first-order chi connectivity index (χ1) is 5.93. The van der Waals surface area contributed by atoms with E-state index < -0.39 is 0 Å². The molecule has 0 unspecified atom stereocenters. The smallest absolute Gasteiger partial charge is 0.124 e. The Bertz CT molecular complexity index is 297. The summed E-state index contributed by atoms with van der Waals surface area (Å²) in [4.78, 5) is 13.9. The van der Waals surface area contributed by atoms with E-state index in [0.717, 1.165) is 12.0 Å². The molecule has 2 heteroatoms. The molecule has 1 rings (SSSR count). The number of aliphatic imine (C=N–C) groups is 1. The van der Waals surface area contributed by atoms with Crippen LogP contribution in [0, 0.1) is 0 Å². The molecule has 0 N–H and O–H groups in total. The molecule has 0 aliphatic rings. The van der Waals surface area contributed by atoms with Gasteiger partial charge in [0.2, 0.25) is 0 Å². The minimum absolute atomic E-state index is 0.371. The zero-order chi connectivity index (χ0) is 8.65. The number of hydrogen-bond acceptors (Lipinski definition) is 2. The van der Waals surface area contributed by atoms with Crippen molar-refractivity contribution in [2.75, 3.05) is 0 Å². The summed E-state index contributed by atoms with van der Waals surface area (Å²) in [6.07, 6.45) is 2.78. The van der Waals surface area contributed by atoms with Crippen molar-refractivity contribution >= 4 is 17.8 Å². The molecule has 2 nitrogen and oxygen atoms in total. The van der Waals surface area contributed by atoms with Gasteiger partial charge >= 0.3 is 0 Å². The summed E-state index contributed by atoms with van der Waals surface area (Å²) < 4.78 is 0. The molecule has 60 valence electrons. The fourth-order valence-corrected chi connectivity index (χ4v) is 0.724. The third-order valence-corrected chi connectivity index (χ3v) is 1.26. The molecule has 0 atom stereocenters. The van der Waals surface area contributed by atoms with Crippen molar-refractivity contribution in [3.63, 3.8) is 0 Å². The number of rotatable bonds is 3. The van der Waals surface area contributed by atoms with E-state index in [9.17, 15) is 4.79 Å². The van der Waals surface area contributed by atoms with Crippen molar-refractivity contribution in [3.05, 3.63) is 36.4 Å². The molecule has 0 spiro atoms. The molecule has 0 amide bonds. The van der Waals surface area contributed by atoms with Crippen molar-refractivity contribution in [1.29, 1.82) is 0 Å². The Kier molecular flexibility index (Phi) is 3.55. The number of allylic oxidation sites excluding steroid dienone is 1. The molecule has 1 aromatic carbocycles. The van der Waals surface area contributed by atoms with E-state index in [0.29, 0.717) is 6.42 Å². The normalized spacial score (nSPS) is 8.33. The summed E-state index contributed by atoms with van der Waals surface area (Å²) in [6.45, 7) is 0. The molecule has 12 heavy (non-hydrogen) atoms. The molecule has 0 heterocycles. The third kappa shape index (κ3) is 2.95. The molecular formula is C10H9NO. The zero-order valence-electron chi connectivity index (χ0n) is 6.60. The van der Waals surface area contributed by atoms with E-state index in [1.54, 1.807) is 6.08 Å². The van der Waals surface area contributed by atoms with Crippen LogP contribution in [0.1, 0.15) is 6.42 Å². The van der Waals surface area contributed by atoms with Crippen molar-refractivity contribution in [2.45, 2.75) is 6.42 Å². The number of para-hydroxylation sites is 1. The van der Waals surface area contributed by atoms with E-state index >= 15 is 0 Å². The number of aldehydes is 1. The highest BCUT2D eigenvalue weighted by atomic mass is 16.1. The van der Waals surface area contributed by atoms with Gasteiger partial charge in [-0.2, -0.15) is 0 Å². The quantitative estimate of drug-likeness (QED) is 0.490. The largest absolute Gasteiger partial charge is 0.303 e. The van der Waals surface area contributed by atoms with Crippen LogP contribution in [0.4, 0.5) is 5.69 Å². The minimum atomic E-state index is 0.371. The van der Waals surface area contributed by atoms with E-state index in [1.165, 1.54) is 0 Å². The number of benzene rings is 1. The van der Waals surface area contributed by atoms with Gasteiger partial charge in [0.15, 0.2) is 0 Å². The van der Waals surface area contributed by atoms with Gasteiger partial charge in [-0.1, -0.05) is 18.2 Å². The molecule has 0 aliphatic heterocycles. The Hall–Kier alpha value is -1.66. The van der Waals surface area contributed by atoms with Crippen molar-refractivity contribution in [3.8, 4) is 0 Å². The van der Waals surface area contributed by atoms with E-state index in [1.807, 2.05) is 30.3 Å². The molecule has 0 bridgehead atoms. The second-order valence-electron chi connectivity index (χ2n) is 2.18. The summed E-state index contributed by atoms with van der Waals surface area (Å²) in [7, 11) is 0. The maximum atomic E-state index is 9.90. The lowest BCUT2D eigenvalue weighted by Crippen LogP contribution is -1.66. The van der Waals surface area contributed by atoms with Gasteiger partial charge in [0.05, 0.1) is 5.69 Å². The zero-order valence-corrected chi connectivity index (χ0v) is 6.60. The SMILES string of the molecule is O=CCC=C=Nc1ccccc1. The number of nitrogens with zero attached hydrogens (tertiary/aromatic N) is 1. The van der Waals surface area contributed by atoms with Gasteiger partial charge < -0.3 is 4.79 Å².